The Kier molecular flexibility index (Phi) is 6.83. The topological polar surface area (TPSA) is 73.9 Å². The van der Waals surface area contributed by atoms with E-state index in [1.165, 1.54) is 5.56 Å². The maximum Gasteiger partial charge on any atom is 0.404 e. The molecule has 0 aliphatic rings. The number of halogens is 1. The Bertz CT molecular complexity index is 775. The summed E-state index contributed by atoms with van der Waals surface area (Å²) in [6.45, 7) is 4.44. The van der Waals surface area contributed by atoms with Crippen LogP contribution in [0.5, 0.6) is 0 Å². The Labute approximate surface area is 152 Å². The minimum absolute atomic E-state index is 0.0170. The highest BCUT2D eigenvalue weighted by Gasteiger charge is 2.08. The molecular formula is C19H21ClN2O3. The van der Waals surface area contributed by atoms with Crippen molar-refractivity contribution >= 4 is 23.4 Å². The number of amides is 1. The second-order valence-electron chi connectivity index (χ2n) is 5.57. The van der Waals surface area contributed by atoms with Crippen LogP contribution in [0.3, 0.4) is 0 Å². The van der Waals surface area contributed by atoms with Gasteiger partial charge >= 0.3 is 6.09 Å². The van der Waals surface area contributed by atoms with Crippen molar-refractivity contribution in [1.29, 1.82) is 0 Å². The zero-order valence-electron chi connectivity index (χ0n) is 14.3. The molecule has 132 valence electrons. The van der Waals surface area contributed by atoms with Crippen molar-refractivity contribution in [2.75, 3.05) is 0 Å². The van der Waals surface area contributed by atoms with E-state index in [1.54, 1.807) is 6.07 Å². The predicted molar refractivity (Wildman–Crippen MR) is 98.6 cm³/mol. The van der Waals surface area contributed by atoms with Crippen molar-refractivity contribution in [3.05, 3.63) is 69.7 Å². The number of oxime groups is 1. The summed E-state index contributed by atoms with van der Waals surface area (Å²) in [6.07, 6.45) is -0.154. The standard InChI is InChI=1S/C19H21ClN2O3/c1-3-18(22-25-11-14-6-4-5-13(2)9-14)15-7-8-17(20)16(10-15)12-24-19(21)23/h4-10H,3,11-12H2,1-2H3,(H2,21,23). The van der Waals surface area contributed by atoms with Crippen LogP contribution in [0.1, 0.15) is 35.6 Å². The molecule has 0 atom stereocenters. The molecular weight excluding hydrogens is 340 g/mol. The maximum atomic E-state index is 10.8. The minimum atomic E-state index is -0.840. The fraction of sp³-hybridized carbons (Fsp3) is 0.263. The fourth-order valence-corrected chi connectivity index (χ4v) is 2.49. The summed E-state index contributed by atoms with van der Waals surface area (Å²) in [6, 6.07) is 13.5. The van der Waals surface area contributed by atoms with Crippen LogP contribution in [0.25, 0.3) is 0 Å². The van der Waals surface area contributed by atoms with Crippen LogP contribution in [0.4, 0.5) is 4.79 Å². The van der Waals surface area contributed by atoms with Crippen molar-refractivity contribution in [2.45, 2.75) is 33.5 Å². The molecule has 2 aromatic rings. The number of nitrogens with two attached hydrogens (primary N) is 1. The minimum Gasteiger partial charge on any atom is -0.445 e. The molecule has 25 heavy (non-hydrogen) atoms. The van der Waals surface area contributed by atoms with Crippen LogP contribution in [0.15, 0.2) is 47.6 Å². The lowest BCUT2D eigenvalue weighted by molar-refractivity contribution is 0.130. The number of primary amides is 1. The molecule has 0 aliphatic carbocycles. The Morgan fingerprint density at radius 1 is 1.20 bits per heavy atom. The molecule has 5 nitrogen and oxygen atoms in total. The second kappa shape index (κ2) is 9.08. The highest BCUT2D eigenvalue weighted by Crippen LogP contribution is 2.20. The van der Waals surface area contributed by atoms with Crippen molar-refractivity contribution in [1.82, 2.24) is 0 Å². The van der Waals surface area contributed by atoms with Gasteiger partial charge in [-0.05, 0) is 36.6 Å². The normalized spacial score (nSPS) is 11.2. The first-order chi connectivity index (χ1) is 12.0. The summed E-state index contributed by atoms with van der Waals surface area (Å²) in [5.74, 6) is 0. The van der Waals surface area contributed by atoms with Gasteiger partial charge in [-0.1, -0.05) is 59.6 Å². The summed E-state index contributed by atoms with van der Waals surface area (Å²) < 4.78 is 4.81. The zero-order valence-corrected chi connectivity index (χ0v) is 15.0. The number of benzene rings is 2. The highest BCUT2D eigenvalue weighted by molar-refractivity contribution is 6.31. The molecule has 0 saturated carbocycles. The van der Waals surface area contributed by atoms with E-state index in [0.717, 1.165) is 16.8 Å². The van der Waals surface area contributed by atoms with E-state index in [9.17, 15) is 4.79 Å². The van der Waals surface area contributed by atoms with Crippen LogP contribution in [-0.2, 0) is 22.8 Å². The number of nitrogens with zero attached hydrogens (tertiary/aromatic N) is 1. The van der Waals surface area contributed by atoms with Crippen LogP contribution >= 0.6 is 11.6 Å². The first-order valence-electron chi connectivity index (χ1n) is 7.95. The first-order valence-corrected chi connectivity index (χ1v) is 8.32. The number of ether oxygens (including phenoxy) is 1. The predicted octanol–water partition coefficient (Wildman–Crippen LogP) is 4.57. The number of carbonyl (C=O) groups is 1. The molecule has 1 amide bonds. The van der Waals surface area contributed by atoms with E-state index in [0.29, 0.717) is 23.6 Å². The Balaban J connectivity index is 2.10. The smallest absolute Gasteiger partial charge is 0.404 e. The summed E-state index contributed by atoms with van der Waals surface area (Å²) >= 11 is 6.12. The molecule has 0 aromatic heterocycles. The lowest BCUT2D eigenvalue weighted by Gasteiger charge is -2.09. The Morgan fingerprint density at radius 3 is 2.68 bits per heavy atom. The molecule has 0 heterocycles. The number of hydrogen-bond donors (Lipinski definition) is 1. The molecule has 2 N–H and O–H groups in total. The van der Waals surface area contributed by atoms with Crippen LogP contribution < -0.4 is 5.73 Å². The van der Waals surface area contributed by atoms with Crippen LogP contribution in [-0.4, -0.2) is 11.8 Å². The van der Waals surface area contributed by atoms with Gasteiger partial charge < -0.3 is 15.3 Å². The van der Waals surface area contributed by atoms with Crippen molar-refractivity contribution in [3.8, 4) is 0 Å². The van der Waals surface area contributed by atoms with Crippen LogP contribution in [0.2, 0.25) is 5.02 Å². The van der Waals surface area contributed by atoms with Gasteiger partial charge in [0.05, 0.1) is 5.71 Å². The zero-order chi connectivity index (χ0) is 18.2. The lowest BCUT2D eigenvalue weighted by atomic mass is 10.1. The quantitative estimate of drug-likeness (QED) is 0.580. The third-order valence-corrected chi connectivity index (χ3v) is 3.94. The lowest BCUT2D eigenvalue weighted by Crippen LogP contribution is -2.13. The molecule has 0 saturated heterocycles. The number of carbonyl (C=O) groups excluding carboxylic acids is 1. The van der Waals surface area contributed by atoms with Gasteiger partial charge in [0.1, 0.15) is 13.2 Å². The van der Waals surface area contributed by atoms with E-state index in [1.807, 2.05) is 44.2 Å². The van der Waals surface area contributed by atoms with E-state index in [-0.39, 0.29) is 6.61 Å². The molecule has 2 rings (SSSR count). The van der Waals surface area contributed by atoms with Crippen LogP contribution in [0, 0.1) is 6.92 Å². The SMILES string of the molecule is CCC(=NOCc1cccc(C)c1)c1ccc(Cl)c(COC(N)=O)c1. The van der Waals surface area contributed by atoms with Gasteiger partial charge in [0, 0.05) is 10.6 Å². The first kappa shape index (κ1) is 18.8. The summed E-state index contributed by atoms with van der Waals surface area (Å²) in [5.41, 5.74) is 9.54. The molecule has 0 aliphatic heterocycles. The average molecular weight is 361 g/mol. The molecule has 0 bridgehead atoms. The van der Waals surface area contributed by atoms with Gasteiger partial charge in [-0.15, -0.1) is 0 Å². The molecule has 0 fully saturated rings. The third-order valence-electron chi connectivity index (χ3n) is 3.57. The Morgan fingerprint density at radius 2 is 2.00 bits per heavy atom. The van der Waals surface area contributed by atoms with E-state index < -0.39 is 6.09 Å². The van der Waals surface area contributed by atoms with Crippen molar-refractivity contribution < 1.29 is 14.4 Å². The summed E-state index contributed by atoms with van der Waals surface area (Å²) in [7, 11) is 0. The maximum absolute atomic E-state index is 10.8. The second-order valence-corrected chi connectivity index (χ2v) is 5.98. The highest BCUT2D eigenvalue weighted by atomic mass is 35.5. The number of hydrogen-bond acceptors (Lipinski definition) is 4. The number of aryl methyl sites for hydroxylation is 1. The third kappa shape index (κ3) is 5.80. The fourth-order valence-electron chi connectivity index (χ4n) is 2.32. The van der Waals surface area contributed by atoms with E-state index >= 15 is 0 Å². The largest absolute Gasteiger partial charge is 0.445 e. The molecule has 2 aromatic carbocycles. The summed E-state index contributed by atoms with van der Waals surface area (Å²) in [5, 5.41) is 4.75. The molecule has 0 radical (unpaired) electrons. The van der Waals surface area contributed by atoms with Gasteiger partial charge in [-0.2, -0.15) is 0 Å². The average Bonchev–Trinajstić information content (AvgIpc) is 2.58. The molecule has 0 unspecified atom stereocenters. The van der Waals surface area contributed by atoms with Gasteiger partial charge in [0.2, 0.25) is 0 Å². The van der Waals surface area contributed by atoms with Crippen molar-refractivity contribution in [2.24, 2.45) is 10.9 Å². The van der Waals surface area contributed by atoms with Gasteiger partial charge in [-0.25, -0.2) is 4.79 Å². The number of rotatable bonds is 7. The van der Waals surface area contributed by atoms with Crippen molar-refractivity contribution in [3.63, 3.8) is 0 Å². The Hall–Kier alpha value is -2.53. The summed E-state index contributed by atoms with van der Waals surface area (Å²) in [4.78, 5) is 16.3. The van der Waals surface area contributed by atoms with E-state index in [4.69, 9.17) is 26.9 Å². The van der Waals surface area contributed by atoms with Gasteiger partial charge in [0.25, 0.3) is 0 Å². The molecule has 0 spiro atoms. The monoisotopic (exact) mass is 360 g/mol. The molecule has 6 heteroatoms. The van der Waals surface area contributed by atoms with Gasteiger partial charge in [0.15, 0.2) is 0 Å². The van der Waals surface area contributed by atoms with Gasteiger partial charge in [-0.3, -0.25) is 0 Å². The van der Waals surface area contributed by atoms with E-state index in [2.05, 4.69) is 11.2 Å².